The van der Waals surface area contributed by atoms with Gasteiger partial charge in [-0.1, -0.05) is 60.2 Å². The normalized spacial score (nSPS) is 10.9. The summed E-state index contributed by atoms with van der Waals surface area (Å²) in [6.45, 7) is 3.18. The molecule has 0 aliphatic rings. The lowest BCUT2D eigenvalue weighted by molar-refractivity contribution is 0.303. The minimum absolute atomic E-state index is 0.525. The topological polar surface area (TPSA) is 54.9 Å². The fraction of sp³-hybridized carbons (Fsp3) is 0.143. The third-order valence-corrected chi connectivity index (χ3v) is 4.74. The van der Waals surface area contributed by atoms with Crippen LogP contribution in [0.1, 0.15) is 16.7 Å². The number of ether oxygens (including phenoxy) is 1. The predicted molar refractivity (Wildman–Crippen MR) is 110 cm³/mol. The van der Waals surface area contributed by atoms with Crippen LogP contribution in [0.3, 0.4) is 0 Å². The molecular formula is C21H20N4OS. The molecule has 2 N–H and O–H groups in total. The molecule has 0 fully saturated rings. The molecule has 6 heteroatoms. The summed E-state index contributed by atoms with van der Waals surface area (Å²) >= 11 is 5.21. The lowest BCUT2D eigenvalue weighted by Crippen LogP contribution is -2.14. The fourth-order valence-electron chi connectivity index (χ4n) is 3.12. The highest BCUT2D eigenvalue weighted by Gasteiger charge is 2.10. The average Bonchev–Trinajstić information content (AvgIpc) is 3.09. The van der Waals surface area contributed by atoms with Gasteiger partial charge in [-0.3, -0.25) is 5.10 Å². The quantitative estimate of drug-likeness (QED) is 0.478. The number of hydrogen-bond acceptors (Lipinski definition) is 4. The maximum atomic E-state index is 6.19. The van der Waals surface area contributed by atoms with Crippen molar-refractivity contribution in [2.75, 3.05) is 5.43 Å². The van der Waals surface area contributed by atoms with Crippen LogP contribution in [0.2, 0.25) is 0 Å². The Morgan fingerprint density at radius 3 is 2.81 bits per heavy atom. The first-order valence-electron chi connectivity index (χ1n) is 8.75. The Bertz CT molecular complexity index is 1130. The number of rotatable bonds is 6. The van der Waals surface area contributed by atoms with Gasteiger partial charge in [0.1, 0.15) is 18.7 Å². The molecule has 5 nitrogen and oxygen atoms in total. The summed E-state index contributed by atoms with van der Waals surface area (Å²) in [5, 5.41) is 9.01. The third-order valence-electron chi connectivity index (χ3n) is 4.45. The highest BCUT2D eigenvalue weighted by Crippen LogP contribution is 2.29. The van der Waals surface area contributed by atoms with Crippen LogP contribution >= 0.6 is 12.2 Å². The van der Waals surface area contributed by atoms with E-state index < -0.39 is 0 Å². The number of benzene rings is 3. The van der Waals surface area contributed by atoms with E-state index in [4.69, 9.17) is 17.0 Å². The molecule has 0 unspecified atom stereocenters. The van der Waals surface area contributed by atoms with Gasteiger partial charge in [-0.15, -0.1) is 0 Å². The Kier molecular flexibility index (Phi) is 4.89. The molecule has 0 aliphatic heterocycles. The first kappa shape index (κ1) is 17.3. The highest BCUT2D eigenvalue weighted by molar-refractivity contribution is 7.71. The summed E-state index contributed by atoms with van der Waals surface area (Å²) in [5.74, 6) is 0.859. The van der Waals surface area contributed by atoms with Gasteiger partial charge in [0.25, 0.3) is 0 Å². The molecular weight excluding hydrogens is 356 g/mol. The minimum atomic E-state index is 0.525. The molecule has 3 aromatic carbocycles. The van der Waals surface area contributed by atoms with Crippen molar-refractivity contribution in [3.8, 4) is 5.75 Å². The van der Waals surface area contributed by atoms with E-state index in [1.165, 1.54) is 10.9 Å². The van der Waals surface area contributed by atoms with E-state index in [0.29, 0.717) is 17.9 Å². The number of hydrogen-bond donors (Lipinski definition) is 2. The van der Waals surface area contributed by atoms with Crippen molar-refractivity contribution in [3.63, 3.8) is 0 Å². The molecule has 4 aromatic rings. The second-order valence-electron chi connectivity index (χ2n) is 6.41. The molecule has 1 aromatic heterocycles. The van der Waals surface area contributed by atoms with Crippen LogP contribution in [0.15, 0.2) is 67.0 Å². The van der Waals surface area contributed by atoms with Crippen molar-refractivity contribution in [2.45, 2.75) is 20.1 Å². The lowest BCUT2D eigenvalue weighted by atomic mass is 10.0. The van der Waals surface area contributed by atoms with Gasteiger partial charge < -0.3 is 10.2 Å². The van der Waals surface area contributed by atoms with E-state index in [0.717, 1.165) is 22.3 Å². The first-order valence-corrected chi connectivity index (χ1v) is 9.16. The molecule has 0 atom stereocenters. The van der Waals surface area contributed by atoms with Crippen LogP contribution in [-0.2, 0) is 13.2 Å². The van der Waals surface area contributed by atoms with Gasteiger partial charge in [-0.05, 0) is 41.5 Å². The summed E-state index contributed by atoms with van der Waals surface area (Å²) in [6, 6.07) is 20.8. The molecule has 0 amide bonds. The maximum Gasteiger partial charge on any atom is 0.214 e. The molecule has 0 saturated carbocycles. The molecule has 0 radical (unpaired) electrons. The maximum absolute atomic E-state index is 6.19. The van der Waals surface area contributed by atoms with Gasteiger partial charge >= 0.3 is 0 Å². The Morgan fingerprint density at radius 1 is 1.11 bits per heavy atom. The smallest absolute Gasteiger partial charge is 0.214 e. The lowest BCUT2D eigenvalue weighted by Gasteiger charge is -2.16. The van der Waals surface area contributed by atoms with Crippen molar-refractivity contribution in [3.05, 3.63) is 88.5 Å². The largest absolute Gasteiger partial charge is 0.489 e. The van der Waals surface area contributed by atoms with E-state index in [-0.39, 0.29) is 0 Å². The standard InChI is InChI=1S/C21H20N4OS/c1-15-5-4-6-16(11-15)13-26-20-10-9-17-7-2-3-8-18(17)19(20)12-23-25-14-22-24-21(25)27/h2-11,14,23H,12-13H2,1H3,(H,24,27). The van der Waals surface area contributed by atoms with E-state index in [1.807, 2.05) is 18.2 Å². The summed E-state index contributed by atoms with van der Waals surface area (Å²) < 4.78 is 8.41. The highest BCUT2D eigenvalue weighted by atomic mass is 32.1. The Hall–Kier alpha value is -3.12. The van der Waals surface area contributed by atoms with Crippen LogP contribution < -0.4 is 10.2 Å². The molecule has 1 heterocycles. The molecule has 0 saturated heterocycles. The number of aryl methyl sites for hydroxylation is 1. The van der Waals surface area contributed by atoms with Crippen LogP contribution in [-0.4, -0.2) is 14.9 Å². The van der Waals surface area contributed by atoms with Gasteiger partial charge in [-0.25, -0.2) is 4.68 Å². The van der Waals surface area contributed by atoms with Gasteiger partial charge in [0.15, 0.2) is 0 Å². The van der Waals surface area contributed by atoms with E-state index in [2.05, 4.69) is 65.0 Å². The zero-order valence-corrected chi connectivity index (χ0v) is 15.8. The first-order chi connectivity index (χ1) is 13.2. The Morgan fingerprint density at radius 2 is 2.00 bits per heavy atom. The van der Waals surface area contributed by atoms with Crippen molar-refractivity contribution < 1.29 is 4.74 Å². The molecule has 0 aliphatic carbocycles. The monoisotopic (exact) mass is 376 g/mol. The Labute approximate surface area is 162 Å². The van der Waals surface area contributed by atoms with Crippen LogP contribution in [0.25, 0.3) is 10.8 Å². The van der Waals surface area contributed by atoms with Crippen LogP contribution in [0.4, 0.5) is 0 Å². The van der Waals surface area contributed by atoms with Crippen molar-refractivity contribution in [2.24, 2.45) is 0 Å². The van der Waals surface area contributed by atoms with E-state index in [1.54, 1.807) is 11.0 Å². The zero-order chi connectivity index (χ0) is 18.6. The predicted octanol–water partition coefficient (Wildman–Crippen LogP) is 4.73. The summed E-state index contributed by atoms with van der Waals surface area (Å²) in [7, 11) is 0. The van der Waals surface area contributed by atoms with E-state index >= 15 is 0 Å². The van der Waals surface area contributed by atoms with Gasteiger partial charge in [0.2, 0.25) is 4.77 Å². The average molecular weight is 376 g/mol. The van der Waals surface area contributed by atoms with Gasteiger partial charge in [0, 0.05) is 5.56 Å². The molecule has 4 rings (SSSR count). The zero-order valence-electron chi connectivity index (χ0n) is 15.0. The van der Waals surface area contributed by atoms with Crippen LogP contribution in [0.5, 0.6) is 5.75 Å². The molecule has 27 heavy (non-hydrogen) atoms. The second-order valence-corrected chi connectivity index (χ2v) is 6.79. The van der Waals surface area contributed by atoms with Gasteiger partial charge in [0.05, 0.1) is 6.54 Å². The number of aromatic nitrogens is 3. The Balaban J connectivity index is 1.64. The second kappa shape index (κ2) is 7.63. The molecule has 0 spiro atoms. The number of fused-ring (bicyclic) bond motifs is 1. The number of nitrogens with zero attached hydrogens (tertiary/aromatic N) is 2. The SMILES string of the molecule is Cc1cccc(COc2ccc3ccccc3c2CNn2cn[nH]c2=S)c1. The summed E-state index contributed by atoms with van der Waals surface area (Å²) in [5.41, 5.74) is 6.75. The fourth-order valence-corrected chi connectivity index (χ4v) is 3.29. The van der Waals surface area contributed by atoms with Crippen LogP contribution in [0, 0.1) is 11.7 Å². The summed E-state index contributed by atoms with van der Waals surface area (Å²) in [4.78, 5) is 0. The summed E-state index contributed by atoms with van der Waals surface area (Å²) in [6.07, 6.45) is 1.63. The molecule has 136 valence electrons. The van der Waals surface area contributed by atoms with Gasteiger partial charge in [-0.2, -0.15) is 5.10 Å². The van der Waals surface area contributed by atoms with Crippen molar-refractivity contribution in [1.82, 2.24) is 14.9 Å². The minimum Gasteiger partial charge on any atom is -0.489 e. The molecule has 0 bridgehead atoms. The van der Waals surface area contributed by atoms with E-state index in [9.17, 15) is 0 Å². The number of H-pyrrole nitrogens is 1. The van der Waals surface area contributed by atoms with Crippen molar-refractivity contribution in [1.29, 1.82) is 0 Å². The number of nitrogens with one attached hydrogen (secondary N) is 2. The number of aromatic amines is 1. The third kappa shape index (κ3) is 3.85. The van der Waals surface area contributed by atoms with Crippen molar-refractivity contribution >= 4 is 23.0 Å².